The van der Waals surface area contributed by atoms with E-state index in [0.717, 1.165) is 0 Å². The molecule has 0 unspecified atom stereocenters. The summed E-state index contributed by atoms with van der Waals surface area (Å²) in [6.07, 6.45) is 1.21. The van der Waals surface area contributed by atoms with E-state index in [-0.39, 0.29) is 21.2 Å². The fourth-order valence-electron chi connectivity index (χ4n) is 2.15. The van der Waals surface area contributed by atoms with Gasteiger partial charge in [0.1, 0.15) is 0 Å². The average Bonchev–Trinajstić information content (AvgIpc) is 2.48. The van der Waals surface area contributed by atoms with Crippen LogP contribution in [0.1, 0.15) is 5.56 Å². The molecule has 3 aromatic carbocycles. The molecule has 96 valence electrons. The van der Waals surface area contributed by atoms with Crippen molar-refractivity contribution < 1.29 is 21.2 Å². The zero-order valence-corrected chi connectivity index (χ0v) is 12.9. The van der Waals surface area contributed by atoms with Crippen LogP contribution in [0.5, 0.6) is 0 Å². The van der Waals surface area contributed by atoms with Gasteiger partial charge in [0.05, 0.1) is 0 Å². The molecule has 0 nitrogen and oxygen atoms in total. The van der Waals surface area contributed by atoms with Crippen molar-refractivity contribution in [3.8, 4) is 0 Å². The number of fused-ring (bicyclic) bond motifs is 1. The number of hydrogen-bond acceptors (Lipinski definition) is 0. The van der Waals surface area contributed by atoms with E-state index in [9.17, 15) is 0 Å². The van der Waals surface area contributed by atoms with Gasteiger partial charge in [0, 0.05) is 0 Å². The van der Waals surface area contributed by atoms with Crippen molar-refractivity contribution in [2.75, 3.05) is 4.43 Å². The molecule has 0 aliphatic rings. The summed E-state index contributed by atoms with van der Waals surface area (Å²) in [6, 6.07) is 26.3. The van der Waals surface area contributed by atoms with Crippen LogP contribution in [0.2, 0.25) is 0 Å². The molecule has 0 saturated carbocycles. The molecule has 0 heterocycles. The molecule has 0 aromatic heterocycles. The van der Waals surface area contributed by atoms with Crippen LogP contribution in [-0.2, 0) is 6.42 Å². The molecule has 3 aromatic rings. The molecule has 0 fully saturated rings. The maximum atomic E-state index is 2.37. The number of alkyl halides is 1. The molecule has 0 aliphatic heterocycles. The second-order valence-corrected chi connectivity index (χ2v) is 7.64. The Morgan fingerprint density at radius 1 is 0.684 bits per heavy atom. The van der Waals surface area contributed by atoms with E-state index in [4.69, 9.17) is 0 Å². The molecule has 19 heavy (non-hydrogen) atoms. The Kier molecular flexibility index (Phi) is 4.13. The Bertz CT molecular complexity index is 659. The van der Waals surface area contributed by atoms with E-state index < -0.39 is 0 Å². The van der Waals surface area contributed by atoms with Crippen LogP contribution in [0, 0.1) is 3.57 Å². The van der Waals surface area contributed by atoms with Gasteiger partial charge < -0.3 is 0 Å². The van der Waals surface area contributed by atoms with E-state index in [1.54, 1.807) is 3.57 Å². The molecule has 0 N–H and O–H groups in total. The normalized spacial score (nSPS) is 10.9. The maximum absolute atomic E-state index is 2.37. The molecular weight excluding hydrogens is 343 g/mol. The zero-order valence-electron chi connectivity index (χ0n) is 10.7. The molecule has 0 saturated heterocycles. The van der Waals surface area contributed by atoms with Crippen LogP contribution in [0.15, 0.2) is 72.8 Å². The van der Waals surface area contributed by atoms with Gasteiger partial charge in [-0.3, -0.25) is 0 Å². The van der Waals surface area contributed by atoms with Crippen molar-refractivity contribution in [2.45, 2.75) is 6.42 Å². The first-order valence-corrected chi connectivity index (χ1v) is 9.14. The van der Waals surface area contributed by atoms with E-state index in [1.165, 1.54) is 27.2 Å². The summed E-state index contributed by atoms with van der Waals surface area (Å²) in [4.78, 5) is 0. The Labute approximate surface area is 124 Å². The molecule has 0 spiro atoms. The summed E-state index contributed by atoms with van der Waals surface area (Å²) in [7, 11) is 0. The van der Waals surface area contributed by atoms with Crippen molar-refractivity contribution in [1.82, 2.24) is 0 Å². The van der Waals surface area contributed by atoms with Gasteiger partial charge in [0.2, 0.25) is 0 Å². The Morgan fingerprint density at radius 3 is 2.26 bits per heavy atom. The van der Waals surface area contributed by atoms with Gasteiger partial charge in [0.15, 0.2) is 0 Å². The molecule has 0 bridgehead atoms. The number of hydrogen-bond donors (Lipinski definition) is 0. The second-order valence-electron chi connectivity index (χ2n) is 4.55. The minimum atomic E-state index is 0.126. The van der Waals surface area contributed by atoms with Gasteiger partial charge in [-0.1, -0.05) is 0 Å². The second kappa shape index (κ2) is 6.20. The first-order chi connectivity index (χ1) is 9.42. The monoisotopic (exact) mass is 359 g/mol. The van der Waals surface area contributed by atoms with Crippen molar-refractivity contribution >= 4 is 10.8 Å². The Morgan fingerprint density at radius 2 is 1.42 bits per heavy atom. The third kappa shape index (κ3) is 3.35. The molecule has 0 aliphatic carbocycles. The third-order valence-electron chi connectivity index (χ3n) is 3.19. The van der Waals surface area contributed by atoms with E-state index >= 15 is 0 Å². The predicted molar refractivity (Wildman–Crippen MR) is 77.7 cm³/mol. The number of halogens is 1. The van der Waals surface area contributed by atoms with Gasteiger partial charge in [-0.2, -0.15) is 0 Å². The molecule has 0 radical (unpaired) electrons. The molecule has 0 atom stereocenters. The van der Waals surface area contributed by atoms with Crippen LogP contribution in [0.3, 0.4) is 0 Å². The van der Waals surface area contributed by atoms with E-state index in [2.05, 4.69) is 72.8 Å². The van der Waals surface area contributed by atoms with Crippen molar-refractivity contribution in [2.24, 2.45) is 0 Å². The van der Waals surface area contributed by atoms with Crippen LogP contribution < -0.4 is 21.2 Å². The molecule has 1 heteroatoms. The summed E-state index contributed by atoms with van der Waals surface area (Å²) < 4.78 is 2.87. The summed E-state index contributed by atoms with van der Waals surface area (Å²) in [5.41, 5.74) is 1.46. The van der Waals surface area contributed by atoms with Gasteiger partial charge in [-0.25, -0.2) is 0 Å². The first-order valence-electron chi connectivity index (χ1n) is 6.54. The van der Waals surface area contributed by atoms with Gasteiger partial charge in [-0.15, -0.1) is 0 Å². The summed E-state index contributed by atoms with van der Waals surface area (Å²) >= 11 is 0.126. The minimum absolute atomic E-state index is 0.126. The van der Waals surface area contributed by atoms with Crippen LogP contribution in [0.25, 0.3) is 10.8 Å². The Balaban J connectivity index is 1.65. The molecular formula is C18H16I-. The quantitative estimate of drug-likeness (QED) is 0.487. The van der Waals surface area contributed by atoms with E-state index in [1.807, 2.05) is 0 Å². The topological polar surface area (TPSA) is 0 Å². The van der Waals surface area contributed by atoms with Gasteiger partial charge in [-0.05, 0) is 0 Å². The standard InChI is InChI=1S/C18H16I/c1-2-6-15(7-3-1)12-13-19-18-11-10-16-8-4-5-9-17(16)14-18/h1-11,14H,12-13H2/q-1. The van der Waals surface area contributed by atoms with Gasteiger partial charge >= 0.3 is 125 Å². The zero-order chi connectivity index (χ0) is 12.9. The third-order valence-corrected chi connectivity index (χ3v) is 5.82. The van der Waals surface area contributed by atoms with Crippen LogP contribution in [-0.4, -0.2) is 4.43 Å². The SMILES string of the molecule is c1ccc(CC[I-]c2ccc3ccccc3c2)cc1. The van der Waals surface area contributed by atoms with Crippen molar-refractivity contribution in [3.63, 3.8) is 0 Å². The van der Waals surface area contributed by atoms with Gasteiger partial charge in [0.25, 0.3) is 0 Å². The number of rotatable bonds is 4. The summed E-state index contributed by atoms with van der Waals surface area (Å²) in [6.45, 7) is 0. The molecule has 0 amide bonds. The average molecular weight is 359 g/mol. The fraction of sp³-hybridized carbons (Fsp3) is 0.111. The predicted octanol–water partition coefficient (Wildman–Crippen LogP) is 1.34. The summed E-state index contributed by atoms with van der Waals surface area (Å²) in [5.74, 6) is 0. The fourth-order valence-corrected chi connectivity index (χ4v) is 4.66. The van der Waals surface area contributed by atoms with Crippen LogP contribution in [0.4, 0.5) is 0 Å². The first kappa shape index (κ1) is 12.7. The van der Waals surface area contributed by atoms with Crippen LogP contribution >= 0.6 is 0 Å². The summed E-state index contributed by atoms with van der Waals surface area (Å²) in [5, 5.41) is 2.72. The van der Waals surface area contributed by atoms with Crippen molar-refractivity contribution in [3.05, 3.63) is 81.9 Å². The van der Waals surface area contributed by atoms with E-state index in [0.29, 0.717) is 0 Å². The number of benzene rings is 3. The van der Waals surface area contributed by atoms with Crippen molar-refractivity contribution in [1.29, 1.82) is 0 Å². The number of aryl methyl sites for hydroxylation is 1. The Hall–Kier alpha value is -1.35. The molecule has 3 rings (SSSR count).